The summed E-state index contributed by atoms with van der Waals surface area (Å²) in [6.45, 7) is 3.42. The topological polar surface area (TPSA) is 115 Å². The smallest absolute Gasteiger partial charge is 0.410 e. The zero-order valence-electron chi connectivity index (χ0n) is 19.8. The van der Waals surface area contributed by atoms with Crippen molar-refractivity contribution >= 4 is 29.3 Å². The summed E-state index contributed by atoms with van der Waals surface area (Å²) in [5.74, 6) is 0.0196. The van der Waals surface area contributed by atoms with Crippen molar-refractivity contribution in [1.82, 2.24) is 19.9 Å². The second-order valence-corrected chi connectivity index (χ2v) is 9.54. The summed E-state index contributed by atoms with van der Waals surface area (Å²) < 4.78 is 15.5. The van der Waals surface area contributed by atoms with Gasteiger partial charge in [0.15, 0.2) is 11.5 Å². The molecule has 3 aromatic rings. The third-order valence-corrected chi connectivity index (χ3v) is 7.44. The number of piperidine rings is 1. The molecule has 1 aromatic carbocycles. The van der Waals surface area contributed by atoms with Crippen molar-refractivity contribution < 1.29 is 28.4 Å². The Morgan fingerprint density at radius 3 is 2.72 bits per heavy atom. The minimum atomic E-state index is -0.530. The van der Waals surface area contributed by atoms with Gasteiger partial charge >= 0.3 is 12.1 Å². The molecule has 2 saturated heterocycles. The number of rotatable bonds is 7. The second-order valence-electron chi connectivity index (χ2n) is 8.65. The molecule has 1 atom stereocenters. The van der Waals surface area contributed by atoms with Gasteiger partial charge in [-0.1, -0.05) is 35.5 Å². The van der Waals surface area contributed by atoms with Crippen LogP contribution in [-0.4, -0.2) is 70.8 Å². The van der Waals surface area contributed by atoms with E-state index in [1.54, 1.807) is 11.8 Å². The average Bonchev–Trinajstić information content (AvgIpc) is 3.66. The second kappa shape index (κ2) is 10.5. The number of ether oxygens (including phenoxy) is 2. The number of esters is 1. The number of likely N-dealkylation sites (tertiary alicyclic amines) is 1. The number of aromatic nitrogens is 2. The predicted octanol–water partition coefficient (Wildman–Crippen LogP) is 3.87. The van der Waals surface area contributed by atoms with Crippen LogP contribution in [0.3, 0.4) is 0 Å². The molecule has 188 valence electrons. The number of thiazole rings is 1. The summed E-state index contributed by atoms with van der Waals surface area (Å²) in [6.07, 6.45) is 1.09. The molecular weight excluding hydrogens is 484 g/mol. The summed E-state index contributed by atoms with van der Waals surface area (Å²) in [6, 6.07) is 10.9. The monoisotopic (exact) mass is 510 g/mol. The van der Waals surface area contributed by atoms with E-state index in [4.69, 9.17) is 14.0 Å². The SMILES string of the molecule is CCOC(=O)c1cc(-c2csc(C3CCN(C(=O)CN4C(=O)OCC4c4ccccc4)CC3)n2)on1. The maximum Gasteiger partial charge on any atom is 0.410 e. The number of hydrogen-bond donors (Lipinski definition) is 0. The first kappa shape index (κ1) is 24.0. The molecule has 2 aliphatic rings. The molecule has 2 fully saturated rings. The maximum absolute atomic E-state index is 13.0. The van der Waals surface area contributed by atoms with E-state index in [-0.39, 0.29) is 43.3 Å². The lowest BCUT2D eigenvalue weighted by molar-refractivity contribution is -0.133. The molecule has 4 heterocycles. The van der Waals surface area contributed by atoms with Crippen molar-refractivity contribution in [3.63, 3.8) is 0 Å². The van der Waals surface area contributed by atoms with Crippen LogP contribution < -0.4 is 0 Å². The fraction of sp³-hybridized carbons (Fsp3) is 0.400. The van der Waals surface area contributed by atoms with Crippen molar-refractivity contribution in [2.24, 2.45) is 0 Å². The minimum absolute atomic E-state index is 0.00124. The Bertz CT molecular complexity index is 1230. The fourth-order valence-electron chi connectivity index (χ4n) is 4.48. The van der Waals surface area contributed by atoms with Crippen molar-refractivity contribution in [3.05, 3.63) is 58.0 Å². The minimum Gasteiger partial charge on any atom is -0.461 e. The largest absolute Gasteiger partial charge is 0.461 e. The van der Waals surface area contributed by atoms with E-state index in [1.807, 2.05) is 35.7 Å². The Morgan fingerprint density at radius 1 is 1.19 bits per heavy atom. The Balaban J connectivity index is 1.17. The van der Waals surface area contributed by atoms with Gasteiger partial charge in [0.2, 0.25) is 5.91 Å². The van der Waals surface area contributed by atoms with Gasteiger partial charge in [-0.05, 0) is 25.3 Å². The van der Waals surface area contributed by atoms with Gasteiger partial charge in [0.1, 0.15) is 18.8 Å². The van der Waals surface area contributed by atoms with E-state index in [9.17, 15) is 14.4 Å². The standard InChI is InChI=1S/C25H26N4O6S/c1-2-33-24(31)18-12-21(35-27-18)19-15-36-23(26-19)17-8-10-28(11-9-17)22(30)13-29-20(14-34-25(29)32)16-6-4-3-5-7-16/h3-7,12,15,17,20H,2,8-11,13-14H2,1H3. The van der Waals surface area contributed by atoms with Crippen molar-refractivity contribution in [3.8, 4) is 11.5 Å². The average molecular weight is 511 g/mol. The highest BCUT2D eigenvalue weighted by molar-refractivity contribution is 7.10. The van der Waals surface area contributed by atoms with Gasteiger partial charge in [-0.15, -0.1) is 11.3 Å². The molecule has 11 heteroatoms. The van der Waals surface area contributed by atoms with Gasteiger partial charge in [0, 0.05) is 30.5 Å². The summed E-state index contributed by atoms with van der Waals surface area (Å²) in [5, 5.41) is 6.61. The number of cyclic esters (lactones) is 1. The van der Waals surface area contributed by atoms with E-state index in [0.717, 1.165) is 23.4 Å². The highest BCUT2D eigenvalue weighted by Gasteiger charge is 2.37. The first-order valence-corrected chi connectivity index (χ1v) is 12.8. The number of carbonyl (C=O) groups excluding carboxylic acids is 3. The Morgan fingerprint density at radius 2 is 1.97 bits per heavy atom. The van der Waals surface area contributed by atoms with E-state index in [2.05, 4.69) is 10.1 Å². The van der Waals surface area contributed by atoms with Gasteiger partial charge in [0.25, 0.3) is 0 Å². The molecule has 36 heavy (non-hydrogen) atoms. The zero-order chi connectivity index (χ0) is 25.1. The number of benzene rings is 1. The first-order valence-electron chi connectivity index (χ1n) is 11.9. The van der Waals surface area contributed by atoms with Crippen LogP contribution in [0, 0.1) is 0 Å². The van der Waals surface area contributed by atoms with Crippen molar-refractivity contribution in [2.75, 3.05) is 32.8 Å². The Labute approximate surface area is 211 Å². The lowest BCUT2D eigenvalue weighted by Crippen LogP contribution is -2.44. The molecule has 2 amide bonds. The van der Waals surface area contributed by atoms with E-state index < -0.39 is 12.1 Å². The van der Waals surface area contributed by atoms with Crippen molar-refractivity contribution in [1.29, 1.82) is 0 Å². The summed E-state index contributed by atoms with van der Waals surface area (Å²) in [4.78, 5) is 45.1. The highest BCUT2D eigenvalue weighted by atomic mass is 32.1. The van der Waals surface area contributed by atoms with Crippen LogP contribution in [0.1, 0.15) is 52.8 Å². The van der Waals surface area contributed by atoms with E-state index in [1.165, 1.54) is 22.3 Å². The van der Waals surface area contributed by atoms with Crippen LogP contribution in [0.5, 0.6) is 0 Å². The lowest BCUT2D eigenvalue weighted by Gasteiger charge is -2.32. The molecule has 10 nitrogen and oxygen atoms in total. The van der Waals surface area contributed by atoms with Crippen LogP contribution in [-0.2, 0) is 14.3 Å². The van der Waals surface area contributed by atoms with Gasteiger partial charge in [-0.2, -0.15) is 0 Å². The third kappa shape index (κ3) is 4.97. The van der Waals surface area contributed by atoms with E-state index >= 15 is 0 Å². The van der Waals surface area contributed by atoms with Gasteiger partial charge in [-0.25, -0.2) is 14.6 Å². The summed E-state index contributed by atoms with van der Waals surface area (Å²) >= 11 is 1.52. The molecule has 0 radical (unpaired) electrons. The van der Waals surface area contributed by atoms with Crippen LogP contribution in [0.25, 0.3) is 11.5 Å². The highest BCUT2D eigenvalue weighted by Crippen LogP contribution is 2.34. The molecule has 5 rings (SSSR count). The van der Waals surface area contributed by atoms with Crippen LogP contribution in [0.2, 0.25) is 0 Å². The molecule has 0 bridgehead atoms. The maximum atomic E-state index is 13.0. The number of nitrogens with zero attached hydrogens (tertiary/aromatic N) is 4. The molecule has 1 unspecified atom stereocenters. The zero-order valence-corrected chi connectivity index (χ0v) is 20.6. The summed E-state index contributed by atoms with van der Waals surface area (Å²) in [7, 11) is 0. The molecule has 0 saturated carbocycles. The molecular formula is C25H26N4O6S. The first-order chi connectivity index (χ1) is 17.5. The van der Waals surface area contributed by atoms with Gasteiger partial charge in [0.05, 0.1) is 17.7 Å². The molecule has 0 aliphatic carbocycles. The van der Waals surface area contributed by atoms with Gasteiger partial charge < -0.3 is 18.9 Å². The molecule has 2 aromatic heterocycles. The van der Waals surface area contributed by atoms with Gasteiger partial charge in [-0.3, -0.25) is 9.69 Å². The predicted molar refractivity (Wildman–Crippen MR) is 129 cm³/mol. The Kier molecular flexibility index (Phi) is 6.99. The molecule has 2 aliphatic heterocycles. The van der Waals surface area contributed by atoms with Crippen LogP contribution in [0.15, 0.2) is 46.3 Å². The number of carbonyl (C=O) groups is 3. The Hall–Kier alpha value is -3.73. The van der Waals surface area contributed by atoms with Crippen LogP contribution in [0.4, 0.5) is 4.79 Å². The number of hydrogen-bond acceptors (Lipinski definition) is 9. The quantitative estimate of drug-likeness (QED) is 0.440. The fourth-order valence-corrected chi connectivity index (χ4v) is 5.46. The normalized spacial score (nSPS) is 18.4. The molecule has 0 N–H and O–H groups in total. The summed E-state index contributed by atoms with van der Waals surface area (Å²) in [5.41, 5.74) is 1.69. The lowest BCUT2D eigenvalue weighted by atomic mass is 9.97. The van der Waals surface area contributed by atoms with Crippen LogP contribution >= 0.6 is 11.3 Å². The van der Waals surface area contributed by atoms with E-state index in [0.29, 0.717) is 24.5 Å². The third-order valence-electron chi connectivity index (χ3n) is 6.43. The molecule has 0 spiro atoms. The van der Waals surface area contributed by atoms with Crippen molar-refractivity contribution in [2.45, 2.75) is 31.7 Å². The number of amides is 2.